The van der Waals surface area contributed by atoms with Gasteiger partial charge in [-0.2, -0.15) is 0 Å². The fraction of sp³-hybridized carbons (Fsp3) is 0.862. The molecule has 0 amide bonds. The molecule has 1 N–H and O–H groups in total. The lowest BCUT2D eigenvalue weighted by Gasteiger charge is -2.57. The first-order valence-electron chi connectivity index (χ1n) is 13.3. The highest BCUT2D eigenvalue weighted by atomic mass is 16.3. The van der Waals surface area contributed by atoms with Crippen LogP contribution in [0.15, 0.2) is 23.8 Å². The topological polar surface area (TPSA) is 20.2 Å². The molecule has 30 heavy (non-hydrogen) atoms. The van der Waals surface area contributed by atoms with Crippen molar-refractivity contribution in [2.24, 2.45) is 52.3 Å². The minimum atomic E-state index is -0.0480. The quantitative estimate of drug-likeness (QED) is 0.457. The molecule has 0 unspecified atom stereocenters. The van der Waals surface area contributed by atoms with E-state index in [2.05, 4.69) is 59.8 Å². The molecular formula is C29H48O. The van der Waals surface area contributed by atoms with E-state index in [1.165, 1.54) is 44.9 Å². The molecule has 3 fully saturated rings. The summed E-state index contributed by atoms with van der Waals surface area (Å²) < 4.78 is 0. The van der Waals surface area contributed by atoms with Gasteiger partial charge in [0.1, 0.15) is 0 Å². The van der Waals surface area contributed by atoms with Crippen molar-refractivity contribution in [1.29, 1.82) is 0 Å². The number of rotatable bonds is 5. The molecule has 0 aromatic rings. The minimum Gasteiger partial charge on any atom is -0.393 e. The Morgan fingerprint density at radius 3 is 2.40 bits per heavy atom. The fourth-order valence-corrected chi connectivity index (χ4v) is 8.68. The summed E-state index contributed by atoms with van der Waals surface area (Å²) in [5, 5.41) is 10.3. The van der Waals surface area contributed by atoms with Crippen LogP contribution in [0.4, 0.5) is 0 Å². The van der Waals surface area contributed by atoms with Crippen LogP contribution in [0.3, 0.4) is 0 Å². The number of hydrogen-bond acceptors (Lipinski definition) is 1. The molecule has 1 nitrogen and oxygen atoms in total. The van der Waals surface area contributed by atoms with Crippen molar-refractivity contribution in [3.63, 3.8) is 0 Å². The third-order valence-corrected chi connectivity index (χ3v) is 10.7. The van der Waals surface area contributed by atoms with Crippen LogP contribution in [0.5, 0.6) is 0 Å². The van der Waals surface area contributed by atoms with Crippen molar-refractivity contribution in [2.45, 2.75) is 105 Å². The Labute approximate surface area is 186 Å². The van der Waals surface area contributed by atoms with Crippen LogP contribution in [-0.2, 0) is 0 Å². The second-order valence-electron chi connectivity index (χ2n) is 12.5. The molecule has 3 saturated carbocycles. The van der Waals surface area contributed by atoms with Gasteiger partial charge in [0.25, 0.3) is 0 Å². The van der Waals surface area contributed by atoms with Crippen molar-refractivity contribution in [3.8, 4) is 0 Å². The van der Waals surface area contributed by atoms with Crippen LogP contribution in [0, 0.1) is 52.3 Å². The second-order valence-corrected chi connectivity index (χ2v) is 12.5. The summed E-state index contributed by atoms with van der Waals surface area (Å²) in [6.07, 6.45) is 19.2. The Balaban J connectivity index is 1.53. The maximum atomic E-state index is 10.3. The molecule has 0 aromatic heterocycles. The maximum Gasteiger partial charge on any atom is 0.0543 e. The smallest absolute Gasteiger partial charge is 0.0543 e. The highest BCUT2D eigenvalue weighted by Gasteiger charge is 2.57. The zero-order valence-corrected chi connectivity index (χ0v) is 20.7. The first-order valence-corrected chi connectivity index (χ1v) is 13.3. The first-order chi connectivity index (χ1) is 14.2. The van der Waals surface area contributed by atoms with Gasteiger partial charge in [-0.25, -0.2) is 0 Å². The van der Waals surface area contributed by atoms with E-state index in [0.29, 0.717) is 22.7 Å². The lowest BCUT2D eigenvalue weighted by atomic mass is 9.47. The average molecular weight is 413 g/mol. The van der Waals surface area contributed by atoms with Crippen LogP contribution < -0.4 is 0 Å². The van der Waals surface area contributed by atoms with Crippen LogP contribution in [0.1, 0.15) is 99.3 Å². The van der Waals surface area contributed by atoms with Gasteiger partial charge < -0.3 is 5.11 Å². The SMILES string of the molecule is CC[C@H](/C=C/[C@@H](C)[C@H]1CC[C@H]2C3=CC[C@H]4C[C@@H](O)CC[C@]4(C)[C@H]3CC[C@]12C)C(C)C. The molecule has 4 aliphatic carbocycles. The molecule has 4 aliphatic rings. The summed E-state index contributed by atoms with van der Waals surface area (Å²) in [7, 11) is 0. The summed E-state index contributed by atoms with van der Waals surface area (Å²) in [5.74, 6) is 5.32. The largest absolute Gasteiger partial charge is 0.393 e. The van der Waals surface area contributed by atoms with Crippen LogP contribution >= 0.6 is 0 Å². The monoisotopic (exact) mass is 412 g/mol. The van der Waals surface area contributed by atoms with E-state index in [4.69, 9.17) is 0 Å². The Kier molecular flexibility index (Phi) is 6.35. The molecule has 0 spiro atoms. The fourth-order valence-electron chi connectivity index (χ4n) is 8.68. The minimum absolute atomic E-state index is 0.0480. The maximum absolute atomic E-state index is 10.3. The van der Waals surface area contributed by atoms with E-state index in [1.807, 2.05) is 5.57 Å². The van der Waals surface area contributed by atoms with Crippen molar-refractivity contribution in [2.75, 3.05) is 0 Å². The molecule has 0 saturated heterocycles. The second kappa shape index (κ2) is 8.42. The number of allylic oxidation sites excluding steroid dienone is 4. The van der Waals surface area contributed by atoms with E-state index >= 15 is 0 Å². The zero-order valence-electron chi connectivity index (χ0n) is 20.7. The molecule has 1 heteroatoms. The van der Waals surface area contributed by atoms with Gasteiger partial charge >= 0.3 is 0 Å². The van der Waals surface area contributed by atoms with Gasteiger partial charge in [0.2, 0.25) is 0 Å². The van der Waals surface area contributed by atoms with Gasteiger partial charge in [-0.15, -0.1) is 0 Å². The molecule has 0 radical (unpaired) electrons. The third kappa shape index (κ3) is 3.66. The molecule has 4 rings (SSSR count). The van der Waals surface area contributed by atoms with Crippen LogP contribution in [0.2, 0.25) is 0 Å². The zero-order chi connectivity index (χ0) is 21.7. The Bertz CT molecular complexity index is 674. The summed E-state index contributed by atoms with van der Waals surface area (Å²) in [6.45, 7) is 14.8. The molecular weight excluding hydrogens is 364 g/mol. The molecule has 0 aliphatic heterocycles. The predicted octanol–water partition coefficient (Wildman–Crippen LogP) is 7.80. The van der Waals surface area contributed by atoms with Crippen LogP contribution in [0.25, 0.3) is 0 Å². The highest BCUT2D eigenvalue weighted by molar-refractivity contribution is 5.28. The molecule has 9 atom stereocenters. The summed E-state index contributed by atoms with van der Waals surface area (Å²) >= 11 is 0. The number of fused-ring (bicyclic) bond motifs is 5. The average Bonchev–Trinajstić information content (AvgIpc) is 3.06. The standard InChI is InChI=1S/C29H48O/c1-7-21(19(2)3)9-8-20(4)25-12-13-26-24-11-10-22-18-23(30)14-16-28(22,5)27(24)15-17-29(25,26)6/h8-9,11,19-23,25-27,30H,7,10,12-18H2,1-6H3/b9-8+/t20-,21-,22+,23+,25-,26+,27+,28+,29-/m1/s1. The van der Waals surface area contributed by atoms with Crippen molar-refractivity contribution < 1.29 is 5.11 Å². The lowest BCUT2D eigenvalue weighted by Crippen LogP contribution is -2.49. The Hall–Kier alpha value is -0.560. The van der Waals surface area contributed by atoms with E-state index < -0.39 is 0 Å². The predicted molar refractivity (Wildman–Crippen MR) is 128 cm³/mol. The molecule has 0 aromatic carbocycles. The van der Waals surface area contributed by atoms with Gasteiger partial charge in [-0.05, 0) is 110 Å². The third-order valence-electron chi connectivity index (χ3n) is 10.7. The molecule has 170 valence electrons. The normalized spacial score (nSPS) is 45.6. The molecule has 0 bridgehead atoms. The summed E-state index contributed by atoms with van der Waals surface area (Å²) in [6, 6.07) is 0. The van der Waals surface area contributed by atoms with E-state index in [0.717, 1.165) is 42.4 Å². The van der Waals surface area contributed by atoms with Gasteiger partial charge in [0.15, 0.2) is 0 Å². The Morgan fingerprint density at radius 1 is 1.00 bits per heavy atom. The van der Waals surface area contributed by atoms with Gasteiger partial charge in [-0.3, -0.25) is 0 Å². The van der Waals surface area contributed by atoms with Crippen molar-refractivity contribution in [1.82, 2.24) is 0 Å². The van der Waals surface area contributed by atoms with Gasteiger partial charge in [-0.1, -0.05) is 65.3 Å². The van der Waals surface area contributed by atoms with Crippen LogP contribution in [-0.4, -0.2) is 11.2 Å². The summed E-state index contributed by atoms with van der Waals surface area (Å²) in [4.78, 5) is 0. The first kappa shape index (κ1) is 22.6. The molecule has 0 heterocycles. The van der Waals surface area contributed by atoms with Crippen molar-refractivity contribution >= 4 is 0 Å². The van der Waals surface area contributed by atoms with Gasteiger partial charge in [0, 0.05) is 0 Å². The van der Waals surface area contributed by atoms with E-state index in [9.17, 15) is 5.11 Å². The van der Waals surface area contributed by atoms with E-state index in [-0.39, 0.29) is 6.10 Å². The number of aliphatic hydroxyl groups is 1. The lowest BCUT2D eigenvalue weighted by molar-refractivity contribution is -0.0414. The van der Waals surface area contributed by atoms with Gasteiger partial charge in [0.05, 0.1) is 6.10 Å². The van der Waals surface area contributed by atoms with Crippen molar-refractivity contribution in [3.05, 3.63) is 23.8 Å². The number of aliphatic hydroxyl groups excluding tert-OH is 1. The summed E-state index contributed by atoms with van der Waals surface area (Å²) in [5.41, 5.74) is 2.79. The highest BCUT2D eigenvalue weighted by Crippen LogP contribution is 2.66. The Morgan fingerprint density at radius 2 is 1.70 bits per heavy atom. The number of hydrogen-bond donors (Lipinski definition) is 1. The van der Waals surface area contributed by atoms with E-state index in [1.54, 1.807) is 0 Å².